The molecule has 4 nitrogen and oxygen atoms in total. The Kier molecular flexibility index (Phi) is 46.0. The fourth-order valence-electron chi connectivity index (χ4n) is 0. The monoisotopic (exact) mass is 250 g/mol. The maximum atomic E-state index is 8.88. The molecule has 0 atom stereocenters. The maximum Gasteiger partial charge on any atom is 0.316 e. The molecule has 0 aliphatic carbocycles. The fraction of sp³-hybridized carbons (Fsp3) is 0. The van der Waals surface area contributed by atoms with Crippen molar-refractivity contribution >= 4 is 99.6 Å². The molecule has 0 aromatic rings. The molecule has 0 saturated carbocycles. The first-order chi connectivity index (χ1) is 2.00. The van der Waals surface area contributed by atoms with Crippen LogP contribution in [0.4, 0.5) is 0 Å². The summed E-state index contributed by atoms with van der Waals surface area (Å²) in [6.45, 7) is 0. The van der Waals surface area contributed by atoms with E-state index < -0.39 is 7.82 Å². The van der Waals surface area contributed by atoms with Crippen LogP contribution in [0, 0.1) is 0 Å². The average molecular weight is 250 g/mol. The Labute approximate surface area is 133 Å². The molecule has 0 saturated heterocycles. The van der Waals surface area contributed by atoms with Crippen molar-refractivity contribution in [2.24, 2.45) is 0 Å². The zero-order valence-electron chi connectivity index (χ0n) is 2.55. The van der Waals surface area contributed by atoms with Gasteiger partial charge in [-0.2, -0.15) is 0 Å². The molecular formula is H9AlFeKMgO4P. The van der Waals surface area contributed by atoms with Crippen LogP contribution in [0.15, 0.2) is 0 Å². The Hall–Kier alpha value is 3.56. The maximum absolute atomic E-state index is 8.88. The van der Waals surface area contributed by atoms with Crippen molar-refractivity contribution in [1.29, 1.82) is 0 Å². The van der Waals surface area contributed by atoms with E-state index in [0.29, 0.717) is 0 Å². The van der Waals surface area contributed by atoms with Gasteiger partial charge in [-0.05, 0) is 0 Å². The molecule has 0 bridgehead atoms. The zero-order valence-corrected chi connectivity index (χ0v) is 4.55. The molecule has 0 amide bonds. The fourth-order valence-corrected chi connectivity index (χ4v) is 0. The summed E-state index contributed by atoms with van der Waals surface area (Å²) in [6, 6.07) is 0. The number of phosphoric acid groups is 1. The van der Waals surface area contributed by atoms with Crippen molar-refractivity contribution in [3.05, 3.63) is 0 Å². The Balaban J connectivity index is -0.0000000133. The van der Waals surface area contributed by atoms with E-state index in [1.54, 1.807) is 0 Å². The summed E-state index contributed by atoms with van der Waals surface area (Å²) in [5.74, 6) is 0. The summed E-state index contributed by atoms with van der Waals surface area (Å²) in [5.41, 5.74) is 0. The second-order valence-electron chi connectivity index (χ2n) is 0.513. The molecule has 0 fully saturated rings. The van der Waals surface area contributed by atoms with Crippen LogP contribution in [0.2, 0.25) is 0 Å². The number of hydrogen-bond acceptors (Lipinski definition) is 1. The van der Waals surface area contributed by atoms with Gasteiger partial charge in [0.1, 0.15) is 0 Å². The van der Waals surface area contributed by atoms with Gasteiger partial charge in [0.05, 0.1) is 0 Å². The van der Waals surface area contributed by atoms with Gasteiger partial charge in [-0.25, -0.2) is 4.57 Å². The van der Waals surface area contributed by atoms with Crippen LogP contribution in [0.1, 0.15) is 0 Å². The van der Waals surface area contributed by atoms with E-state index in [1.807, 2.05) is 0 Å². The van der Waals surface area contributed by atoms with Gasteiger partial charge in [0.15, 0.2) is 17.4 Å². The van der Waals surface area contributed by atoms with Gasteiger partial charge < -0.3 is 14.7 Å². The molecular weight excluding hydrogens is 241 g/mol. The van der Waals surface area contributed by atoms with Crippen LogP contribution >= 0.6 is 7.82 Å². The van der Waals surface area contributed by atoms with Crippen molar-refractivity contribution in [1.82, 2.24) is 0 Å². The van der Waals surface area contributed by atoms with Crippen molar-refractivity contribution in [3.63, 3.8) is 0 Å². The van der Waals surface area contributed by atoms with Crippen LogP contribution in [0.3, 0.4) is 0 Å². The molecule has 0 aliphatic heterocycles. The number of hydrogen-bond donors (Lipinski definition) is 3. The molecule has 0 aromatic heterocycles. The summed E-state index contributed by atoms with van der Waals surface area (Å²) < 4.78 is 8.88. The second kappa shape index (κ2) is 14.1. The van der Waals surface area contributed by atoms with Crippen LogP contribution < -0.4 is 0 Å². The summed E-state index contributed by atoms with van der Waals surface area (Å²) >= 11 is 0. The predicted molar refractivity (Wildman–Crippen MR) is 39.9 cm³/mol. The molecule has 0 aliphatic rings. The van der Waals surface area contributed by atoms with E-state index in [2.05, 4.69) is 0 Å². The van der Waals surface area contributed by atoms with E-state index in [0.717, 1.165) is 0 Å². The Morgan fingerprint density at radius 3 is 1.11 bits per heavy atom. The van der Waals surface area contributed by atoms with Gasteiger partial charge in [0.2, 0.25) is 0 Å². The molecule has 0 unspecified atom stereocenters. The Morgan fingerprint density at radius 2 is 1.11 bits per heavy atom. The minimum Gasteiger partial charge on any atom is 0.316 e. The van der Waals surface area contributed by atoms with Gasteiger partial charge in [-0.15, -0.1) is 0 Å². The first-order valence-corrected chi connectivity index (χ1v) is 2.35. The molecule has 9 heteroatoms. The summed E-state index contributed by atoms with van der Waals surface area (Å²) in [5, 5.41) is 0. The SMILES string of the molecule is O=P(O)(O)O.[AlH3].[Fe].[KH].[MgH2]. The Bertz CT molecular complexity index is 66.7. The Morgan fingerprint density at radius 1 is 1.11 bits per heavy atom. The van der Waals surface area contributed by atoms with E-state index in [-0.39, 0.29) is 109 Å². The minimum absolute atomic E-state index is 0. The third kappa shape index (κ3) is 83.3. The van der Waals surface area contributed by atoms with Crippen LogP contribution in [0.25, 0.3) is 0 Å². The molecule has 0 radical (unpaired) electrons. The summed E-state index contributed by atoms with van der Waals surface area (Å²) in [4.78, 5) is 21.6. The van der Waals surface area contributed by atoms with E-state index >= 15 is 0 Å². The van der Waals surface area contributed by atoms with Crippen molar-refractivity contribution in [3.8, 4) is 0 Å². The zero-order chi connectivity index (χ0) is 4.50. The van der Waals surface area contributed by atoms with Crippen LogP contribution in [0.5, 0.6) is 0 Å². The minimum atomic E-state index is -4.64. The quantitative estimate of drug-likeness (QED) is 0.306. The van der Waals surface area contributed by atoms with Crippen LogP contribution in [-0.2, 0) is 21.6 Å². The normalized spacial score (nSPS) is 6.56. The topological polar surface area (TPSA) is 77.8 Å². The molecule has 0 rings (SSSR count). The predicted octanol–water partition coefficient (Wildman–Crippen LogP) is -3.68. The van der Waals surface area contributed by atoms with Crippen molar-refractivity contribution in [2.75, 3.05) is 0 Å². The summed E-state index contributed by atoms with van der Waals surface area (Å²) in [7, 11) is -4.64. The molecule has 0 spiro atoms. The van der Waals surface area contributed by atoms with Crippen molar-refractivity contribution in [2.45, 2.75) is 0 Å². The number of rotatable bonds is 0. The third-order valence-corrected chi connectivity index (χ3v) is 0. The smallest absolute Gasteiger partial charge is 0.316 e. The largest absolute Gasteiger partial charge is 0.316 e. The van der Waals surface area contributed by atoms with Crippen molar-refractivity contribution < 1.29 is 36.3 Å². The standard InChI is InChI=1S/Al.Fe.K.Mg.H3O4P.6H/c;;;;1-5(2,3)4;;;;;;/h;;;;(H3,1,2,3,4);;;;;;. The van der Waals surface area contributed by atoms with Gasteiger partial charge in [0.25, 0.3) is 0 Å². The van der Waals surface area contributed by atoms with E-state index in [1.165, 1.54) is 0 Å². The molecule has 52 valence electrons. The van der Waals surface area contributed by atoms with Gasteiger partial charge in [-0.3, -0.25) is 0 Å². The first kappa shape index (κ1) is 29.4. The van der Waals surface area contributed by atoms with Gasteiger partial charge in [0, 0.05) is 17.1 Å². The molecule has 9 heavy (non-hydrogen) atoms. The van der Waals surface area contributed by atoms with Gasteiger partial charge in [-0.1, -0.05) is 0 Å². The summed E-state index contributed by atoms with van der Waals surface area (Å²) in [6.07, 6.45) is 0. The third-order valence-electron chi connectivity index (χ3n) is 0. The molecule has 0 aromatic carbocycles. The van der Waals surface area contributed by atoms with E-state index in [9.17, 15) is 0 Å². The average Bonchev–Trinajstić information content (AvgIpc) is 0.722. The molecule has 3 N–H and O–H groups in total. The first-order valence-electron chi connectivity index (χ1n) is 0.783. The van der Waals surface area contributed by atoms with Crippen LogP contribution in [-0.4, -0.2) is 106 Å². The second-order valence-corrected chi connectivity index (χ2v) is 1.54. The van der Waals surface area contributed by atoms with E-state index in [4.69, 9.17) is 19.2 Å². The van der Waals surface area contributed by atoms with Gasteiger partial charge >= 0.3 is 82.3 Å². The molecule has 0 heterocycles.